The molecule has 1 aromatic heterocycles. The first-order chi connectivity index (χ1) is 6.31. The second-order valence-electron chi connectivity index (χ2n) is 3.00. The van der Waals surface area contributed by atoms with Gasteiger partial charge < -0.3 is 11.1 Å². The Morgan fingerprint density at radius 2 is 2.31 bits per heavy atom. The lowest BCUT2D eigenvalue weighted by atomic mass is 10.2. The third kappa shape index (κ3) is 1.53. The molecule has 0 unspecified atom stereocenters. The highest BCUT2D eigenvalue weighted by atomic mass is 32.1. The summed E-state index contributed by atoms with van der Waals surface area (Å²) in [5.74, 6) is 0. The van der Waals surface area contributed by atoms with Gasteiger partial charge in [0.25, 0.3) is 0 Å². The molecule has 1 heterocycles. The zero-order valence-corrected chi connectivity index (χ0v) is 8.32. The van der Waals surface area contributed by atoms with Crippen LogP contribution in [0.3, 0.4) is 0 Å². The van der Waals surface area contributed by atoms with Crippen molar-refractivity contribution in [3.8, 4) is 0 Å². The van der Waals surface area contributed by atoms with Gasteiger partial charge in [-0.15, -0.1) is 11.3 Å². The lowest BCUT2D eigenvalue weighted by Crippen LogP contribution is -2.02. The van der Waals surface area contributed by atoms with Gasteiger partial charge in [-0.25, -0.2) is 0 Å². The average molecular weight is 192 g/mol. The standard InChI is InChI=1S/C10H12N2S/c1-12-6-7-5-8-9(11)3-2-4-10(8)13-7/h2-5,12H,6,11H2,1H3. The predicted octanol–water partition coefficient (Wildman–Crippen LogP) is 2.20. The number of fused-ring (bicyclic) bond motifs is 1. The Balaban J connectivity index is 2.55. The quantitative estimate of drug-likeness (QED) is 0.716. The van der Waals surface area contributed by atoms with Crippen molar-refractivity contribution in [1.29, 1.82) is 0 Å². The van der Waals surface area contributed by atoms with Crippen LogP contribution in [0, 0.1) is 0 Å². The van der Waals surface area contributed by atoms with Gasteiger partial charge in [0.15, 0.2) is 0 Å². The Morgan fingerprint density at radius 1 is 1.46 bits per heavy atom. The molecule has 0 saturated heterocycles. The fraction of sp³-hybridized carbons (Fsp3) is 0.200. The van der Waals surface area contributed by atoms with Gasteiger partial charge in [-0.2, -0.15) is 0 Å². The molecule has 0 radical (unpaired) electrons. The van der Waals surface area contributed by atoms with Crippen molar-refractivity contribution < 1.29 is 0 Å². The molecular weight excluding hydrogens is 180 g/mol. The minimum atomic E-state index is 0.871. The minimum Gasteiger partial charge on any atom is -0.398 e. The highest BCUT2D eigenvalue weighted by Crippen LogP contribution is 2.29. The van der Waals surface area contributed by atoms with Crippen molar-refractivity contribution in [2.75, 3.05) is 12.8 Å². The molecule has 2 nitrogen and oxygen atoms in total. The number of anilines is 1. The number of nitrogens with one attached hydrogen (secondary N) is 1. The van der Waals surface area contributed by atoms with E-state index in [1.807, 2.05) is 19.2 Å². The number of hydrogen-bond acceptors (Lipinski definition) is 3. The largest absolute Gasteiger partial charge is 0.398 e. The number of nitrogens with two attached hydrogens (primary N) is 1. The lowest BCUT2D eigenvalue weighted by Gasteiger charge is -1.92. The summed E-state index contributed by atoms with van der Waals surface area (Å²) in [5.41, 5.74) is 6.72. The molecule has 13 heavy (non-hydrogen) atoms. The summed E-state index contributed by atoms with van der Waals surface area (Å²) in [5, 5.41) is 4.31. The molecule has 0 atom stereocenters. The van der Waals surface area contributed by atoms with Crippen LogP contribution in [0.5, 0.6) is 0 Å². The zero-order chi connectivity index (χ0) is 9.26. The van der Waals surface area contributed by atoms with Crippen LogP contribution in [0.4, 0.5) is 5.69 Å². The molecule has 3 heteroatoms. The number of thiophene rings is 1. The molecule has 3 N–H and O–H groups in total. The van der Waals surface area contributed by atoms with Crippen LogP contribution in [0.2, 0.25) is 0 Å². The van der Waals surface area contributed by atoms with E-state index in [1.165, 1.54) is 15.0 Å². The summed E-state index contributed by atoms with van der Waals surface area (Å²) in [6, 6.07) is 8.21. The van der Waals surface area contributed by atoms with Gasteiger partial charge in [0.05, 0.1) is 0 Å². The van der Waals surface area contributed by atoms with E-state index < -0.39 is 0 Å². The van der Waals surface area contributed by atoms with Crippen molar-refractivity contribution in [1.82, 2.24) is 5.32 Å². The third-order valence-corrected chi connectivity index (χ3v) is 3.10. The number of nitrogen functional groups attached to an aromatic ring is 1. The molecule has 1 aromatic carbocycles. The molecule has 0 aliphatic heterocycles. The first-order valence-corrected chi connectivity index (χ1v) is 5.04. The second kappa shape index (κ2) is 3.36. The van der Waals surface area contributed by atoms with E-state index in [9.17, 15) is 0 Å². The molecule has 2 aromatic rings. The fourth-order valence-electron chi connectivity index (χ4n) is 1.40. The van der Waals surface area contributed by atoms with E-state index in [4.69, 9.17) is 5.73 Å². The summed E-state index contributed by atoms with van der Waals surface area (Å²) >= 11 is 1.79. The highest BCUT2D eigenvalue weighted by Gasteiger charge is 2.02. The van der Waals surface area contributed by atoms with Crippen molar-refractivity contribution in [2.24, 2.45) is 0 Å². The van der Waals surface area contributed by atoms with Gasteiger partial charge in [-0.3, -0.25) is 0 Å². The van der Waals surface area contributed by atoms with Gasteiger partial charge in [0, 0.05) is 27.2 Å². The molecular formula is C10H12N2S. The van der Waals surface area contributed by atoms with Crippen LogP contribution < -0.4 is 11.1 Å². The normalized spacial score (nSPS) is 10.8. The topological polar surface area (TPSA) is 38.0 Å². The summed E-state index contributed by atoms with van der Waals surface area (Å²) in [7, 11) is 1.95. The van der Waals surface area contributed by atoms with E-state index in [2.05, 4.69) is 17.4 Å². The molecule has 68 valence electrons. The Labute approximate surface area is 81.4 Å². The predicted molar refractivity (Wildman–Crippen MR) is 59.0 cm³/mol. The van der Waals surface area contributed by atoms with Crippen LogP contribution in [0.25, 0.3) is 10.1 Å². The van der Waals surface area contributed by atoms with Crippen molar-refractivity contribution >= 4 is 27.1 Å². The average Bonchev–Trinajstić information content (AvgIpc) is 2.49. The number of benzene rings is 1. The second-order valence-corrected chi connectivity index (χ2v) is 4.17. The Hall–Kier alpha value is -1.06. The van der Waals surface area contributed by atoms with Gasteiger partial charge in [-0.1, -0.05) is 6.07 Å². The highest BCUT2D eigenvalue weighted by molar-refractivity contribution is 7.19. The van der Waals surface area contributed by atoms with Crippen LogP contribution in [-0.4, -0.2) is 7.05 Å². The zero-order valence-electron chi connectivity index (χ0n) is 7.50. The van der Waals surface area contributed by atoms with Gasteiger partial charge in [-0.05, 0) is 25.2 Å². The van der Waals surface area contributed by atoms with Crippen LogP contribution in [0.15, 0.2) is 24.3 Å². The van der Waals surface area contributed by atoms with E-state index in [-0.39, 0.29) is 0 Å². The van der Waals surface area contributed by atoms with E-state index in [0.717, 1.165) is 12.2 Å². The van der Waals surface area contributed by atoms with Gasteiger partial charge in [0.2, 0.25) is 0 Å². The summed E-state index contributed by atoms with van der Waals surface area (Å²) in [6.45, 7) is 0.915. The lowest BCUT2D eigenvalue weighted by molar-refractivity contribution is 0.832. The summed E-state index contributed by atoms with van der Waals surface area (Å²) in [6.07, 6.45) is 0. The fourth-order valence-corrected chi connectivity index (χ4v) is 2.51. The van der Waals surface area contributed by atoms with E-state index >= 15 is 0 Å². The van der Waals surface area contributed by atoms with E-state index in [0.29, 0.717) is 0 Å². The van der Waals surface area contributed by atoms with Crippen molar-refractivity contribution in [3.05, 3.63) is 29.1 Å². The summed E-state index contributed by atoms with van der Waals surface area (Å²) in [4.78, 5) is 1.33. The molecule has 0 aliphatic carbocycles. The Morgan fingerprint density at radius 3 is 3.00 bits per heavy atom. The van der Waals surface area contributed by atoms with E-state index in [1.54, 1.807) is 11.3 Å². The number of hydrogen-bond donors (Lipinski definition) is 2. The minimum absolute atomic E-state index is 0.871. The molecule has 2 rings (SSSR count). The molecule has 0 saturated carbocycles. The maximum Gasteiger partial charge on any atom is 0.0402 e. The molecule has 0 fully saturated rings. The van der Waals surface area contributed by atoms with Crippen LogP contribution in [-0.2, 0) is 6.54 Å². The maximum atomic E-state index is 5.85. The molecule has 0 amide bonds. The monoisotopic (exact) mass is 192 g/mol. The molecule has 0 bridgehead atoms. The van der Waals surface area contributed by atoms with Crippen molar-refractivity contribution in [2.45, 2.75) is 6.54 Å². The number of rotatable bonds is 2. The third-order valence-electron chi connectivity index (χ3n) is 2.00. The van der Waals surface area contributed by atoms with Gasteiger partial charge in [0.1, 0.15) is 0 Å². The smallest absolute Gasteiger partial charge is 0.0402 e. The van der Waals surface area contributed by atoms with Crippen molar-refractivity contribution in [3.63, 3.8) is 0 Å². The van der Waals surface area contributed by atoms with Crippen LogP contribution >= 0.6 is 11.3 Å². The van der Waals surface area contributed by atoms with Gasteiger partial charge >= 0.3 is 0 Å². The Bertz CT molecular complexity index is 420. The van der Waals surface area contributed by atoms with Crippen LogP contribution in [0.1, 0.15) is 4.88 Å². The Kier molecular flexibility index (Phi) is 2.20. The SMILES string of the molecule is CNCc1cc2c(N)cccc2s1. The first-order valence-electron chi connectivity index (χ1n) is 4.23. The molecule has 0 spiro atoms. The maximum absolute atomic E-state index is 5.85. The summed E-state index contributed by atoms with van der Waals surface area (Å²) < 4.78 is 1.27. The molecule has 0 aliphatic rings. The first kappa shape index (κ1) is 8.53.